The number of imidazole rings is 1. The average molecular weight is 417 g/mol. The van der Waals surface area contributed by atoms with Crippen LogP contribution in [0.1, 0.15) is 22.7 Å². The molecular weight excluding hydrogens is 394 g/mol. The van der Waals surface area contributed by atoms with Crippen molar-refractivity contribution in [2.24, 2.45) is 14.1 Å². The lowest BCUT2D eigenvalue weighted by Gasteiger charge is -2.20. The molecule has 0 aliphatic carbocycles. The molecule has 8 heteroatoms. The summed E-state index contributed by atoms with van der Waals surface area (Å²) in [5.41, 5.74) is 2.56. The van der Waals surface area contributed by atoms with E-state index in [4.69, 9.17) is 0 Å². The van der Waals surface area contributed by atoms with Gasteiger partial charge in [0.05, 0.1) is 12.4 Å². The number of carbonyl (C=O) groups excluding carboxylic acids is 1. The third-order valence-corrected chi connectivity index (χ3v) is 5.38. The fourth-order valence-corrected chi connectivity index (χ4v) is 3.64. The Bertz CT molecular complexity index is 1360. The van der Waals surface area contributed by atoms with Gasteiger partial charge < -0.3 is 9.88 Å². The first-order valence-corrected chi connectivity index (χ1v) is 9.88. The minimum Gasteiger partial charge on any atom is -0.344 e. The highest BCUT2D eigenvalue weighted by molar-refractivity contribution is 5.79. The monoisotopic (exact) mass is 417 g/mol. The van der Waals surface area contributed by atoms with Crippen molar-refractivity contribution in [3.8, 4) is 0 Å². The van der Waals surface area contributed by atoms with E-state index >= 15 is 0 Å². The molecule has 0 aliphatic rings. The molecule has 0 saturated heterocycles. The third kappa shape index (κ3) is 3.79. The van der Waals surface area contributed by atoms with E-state index in [1.54, 1.807) is 7.05 Å². The highest BCUT2D eigenvalue weighted by atomic mass is 16.2. The predicted octanol–water partition coefficient (Wildman–Crippen LogP) is 1.65. The quantitative estimate of drug-likeness (QED) is 0.535. The fourth-order valence-electron chi connectivity index (χ4n) is 3.64. The molecule has 0 bridgehead atoms. The van der Waals surface area contributed by atoms with Crippen molar-refractivity contribution in [2.45, 2.75) is 19.5 Å². The van der Waals surface area contributed by atoms with Crippen LogP contribution in [-0.2, 0) is 25.4 Å². The number of benzene rings is 2. The molecule has 0 radical (unpaired) electrons. The number of nitrogens with zero attached hydrogens (tertiary/aromatic N) is 4. The zero-order valence-electron chi connectivity index (χ0n) is 17.6. The maximum absolute atomic E-state index is 13.0. The van der Waals surface area contributed by atoms with Crippen molar-refractivity contribution in [3.63, 3.8) is 0 Å². The maximum atomic E-state index is 13.0. The van der Waals surface area contributed by atoms with Gasteiger partial charge in [0.1, 0.15) is 6.54 Å². The van der Waals surface area contributed by atoms with Gasteiger partial charge in [0.25, 0.3) is 5.56 Å². The number of nitrogens with one attached hydrogen (secondary N) is 1. The molecule has 4 rings (SSSR count). The van der Waals surface area contributed by atoms with Crippen molar-refractivity contribution >= 4 is 17.1 Å². The minimum atomic E-state index is -0.485. The molecule has 2 heterocycles. The van der Waals surface area contributed by atoms with E-state index in [1.807, 2.05) is 61.5 Å². The van der Waals surface area contributed by atoms with Gasteiger partial charge in [0.15, 0.2) is 11.2 Å². The van der Waals surface area contributed by atoms with Crippen LogP contribution in [0, 0.1) is 6.92 Å². The summed E-state index contributed by atoms with van der Waals surface area (Å²) in [5, 5.41) is 3.07. The summed E-state index contributed by atoms with van der Waals surface area (Å²) < 4.78 is 3.78. The van der Waals surface area contributed by atoms with E-state index in [1.165, 1.54) is 22.5 Å². The van der Waals surface area contributed by atoms with Crippen LogP contribution in [0.25, 0.3) is 11.2 Å². The first kappa shape index (κ1) is 20.3. The summed E-state index contributed by atoms with van der Waals surface area (Å²) in [6.45, 7) is 1.91. The lowest BCUT2D eigenvalue weighted by Crippen LogP contribution is -2.38. The molecular formula is C23H23N5O3. The van der Waals surface area contributed by atoms with Crippen LogP contribution >= 0.6 is 0 Å². The van der Waals surface area contributed by atoms with Crippen molar-refractivity contribution < 1.29 is 4.79 Å². The normalized spacial score (nSPS) is 12.1. The molecule has 0 saturated carbocycles. The Balaban J connectivity index is 1.67. The van der Waals surface area contributed by atoms with E-state index in [0.717, 1.165) is 21.3 Å². The van der Waals surface area contributed by atoms with Crippen LogP contribution in [0.15, 0.2) is 70.5 Å². The number of fused-ring (bicyclic) bond motifs is 1. The SMILES string of the molecule is Cc1ccc([C@@H](NC(=O)Cn2cnc3c2c(=O)n(C)c(=O)n3C)c2ccccc2)cc1. The van der Waals surface area contributed by atoms with Crippen LogP contribution in [0.4, 0.5) is 0 Å². The van der Waals surface area contributed by atoms with Gasteiger partial charge >= 0.3 is 5.69 Å². The second-order valence-electron chi connectivity index (χ2n) is 7.57. The van der Waals surface area contributed by atoms with Gasteiger partial charge in [0, 0.05) is 14.1 Å². The molecule has 0 unspecified atom stereocenters. The molecule has 158 valence electrons. The Morgan fingerprint density at radius 1 is 0.968 bits per heavy atom. The third-order valence-electron chi connectivity index (χ3n) is 5.38. The highest BCUT2D eigenvalue weighted by Crippen LogP contribution is 2.22. The summed E-state index contributed by atoms with van der Waals surface area (Å²) in [6.07, 6.45) is 1.41. The minimum absolute atomic E-state index is 0.0981. The van der Waals surface area contributed by atoms with E-state index in [2.05, 4.69) is 10.3 Å². The zero-order valence-corrected chi connectivity index (χ0v) is 17.6. The molecule has 0 aliphatic heterocycles. The Hall–Kier alpha value is -3.94. The van der Waals surface area contributed by atoms with Crippen LogP contribution in [0.2, 0.25) is 0 Å². The second-order valence-corrected chi connectivity index (χ2v) is 7.57. The molecule has 1 N–H and O–H groups in total. The van der Waals surface area contributed by atoms with Gasteiger partial charge in [-0.3, -0.25) is 18.7 Å². The molecule has 1 atom stereocenters. The van der Waals surface area contributed by atoms with Crippen LogP contribution in [-0.4, -0.2) is 24.6 Å². The molecule has 8 nitrogen and oxygen atoms in total. The number of rotatable bonds is 5. The lowest BCUT2D eigenvalue weighted by atomic mass is 9.98. The van der Waals surface area contributed by atoms with Gasteiger partial charge in [0.2, 0.25) is 5.91 Å². The fraction of sp³-hybridized carbons (Fsp3) is 0.217. The Morgan fingerprint density at radius 2 is 1.61 bits per heavy atom. The number of amides is 1. The molecule has 2 aromatic carbocycles. The van der Waals surface area contributed by atoms with Crippen molar-refractivity contribution in [1.29, 1.82) is 0 Å². The number of hydrogen-bond acceptors (Lipinski definition) is 4. The number of carbonyl (C=O) groups is 1. The molecule has 0 spiro atoms. The maximum Gasteiger partial charge on any atom is 0.332 e. The first-order chi connectivity index (χ1) is 14.9. The summed E-state index contributed by atoms with van der Waals surface area (Å²) in [7, 11) is 2.95. The smallest absolute Gasteiger partial charge is 0.332 e. The molecule has 31 heavy (non-hydrogen) atoms. The van der Waals surface area contributed by atoms with Crippen molar-refractivity contribution in [2.75, 3.05) is 0 Å². The van der Waals surface area contributed by atoms with Crippen molar-refractivity contribution in [1.82, 2.24) is 24.0 Å². The number of aryl methyl sites for hydroxylation is 2. The standard InChI is InChI=1S/C23H23N5O3/c1-15-9-11-17(12-10-15)19(16-7-5-4-6-8-16)25-18(29)13-28-14-24-21-20(28)22(30)27(3)23(31)26(21)2/h4-12,14,19H,13H2,1-3H3,(H,25,29)/t19-/m0/s1. The van der Waals surface area contributed by atoms with Crippen LogP contribution < -0.4 is 16.6 Å². The van der Waals surface area contributed by atoms with E-state index in [9.17, 15) is 14.4 Å². The zero-order chi connectivity index (χ0) is 22.1. The van der Waals surface area contributed by atoms with Crippen LogP contribution in [0.5, 0.6) is 0 Å². The first-order valence-electron chi connectivity index (χ1n) is 9.88. The topological polar surface area (TPSA) is 90.9 Å². The summed E-state index contributed by atoms with van der Waals surface area (Å²) >= 11 is 0. The largest absolute Gasteiger partial charge is 0.344 e. The summed E-state index contributed by atoms with van der Waals surface area (Å²) in [4.78, 5) is 41.9. The van der Waals surface area contributed by atoms with Gasteiger partial charge in [-0.2, -0.15) is 0 Å². The summed E-state index contributed by atoms with van der Waals surface area (Å²) in [6, 6.07) is 17.4. The van der Waals surface area contributed by atoms with Gasteiger partial charge in [-0.05, 0) is 18.1 Å². The Labute approximate surface area is 178 Å². The average Bonchev–Trinajstić information content (AvgIpc) is 3.19. The Kier molecular flexibility index (Phi) is 5.29. The Morgan fingerprint density at radius 3 is 2.29 bits per heavy atom. The lowest BCUT2D eigenvalue weighted by molar-refractivity contribution is -0.122. The van der Waals surface area contributed by atoms with Crippen molar-refractivity contribution in [3.05, 3.63) is 98.5 Å². The highest BCUT2D eigenvalue weighted by Gasteiger charge is 2.19. The van der Waals surface area contributed by atoms with E-state index < -0.39 is 11.2 Å². The van der Waals surface area contributed by atoms with E-state index in [-0.39, 0.29) is 29.7 Å². The number of hydrogen-bond donors (Lipinski definition) is 1. The van der Waals surface area contributed by atoms with E-state index in [0.29, 0.717) is 0 Å². The molecule has 0 fully saturated rings. The van der Waals surface area contributed by atoms with Gasteiger partial charge in [-0.25, -0.2) is 9.78 Å². The molecule has 2 aromatic heterocycles. The predicted molar refractivity (Wildman–Crippen MR) is 118 cm³/mol. The molecule has 4 aromatic rings. The van der Waals surface area contributed by atoms with Crippen LogP contribution in [0.3, 0.4) is 0 Å². The second kappa shape index (κ2) is 8.06. The number of aromatic nitrogens is 4. The van der Waals surface area contributed by atoms with Gasteiger partial charge in [-0.1, -0.05) is 60.2 Å². The summed E-state index contributed by atoms with van der Waals surface area (Å²) in [5.74, 6) is -0.273. The molecule has 1 amide bonds. The van der Waals surface area contributed by atoms with Gasteiger partial charge in [-0.15, -0.1) is 0 Å².